The van der Waals surface area contributed by atoms with Gasteiger partial charge in [-0.3, -0.25) is 14.4 Å². The molecule has 0 aromatic heterocycles. The molecule has 0 rings (SSSR count). The Morgan fingerprint density at radius 1 is 1.00 bits per heavy atom. The van der Waals surface area contributed by atoms with Crippen LogP contribution < -0.4 is 11.9 Å². The Balaban J connectivity index is -0.0000000788. The van der Waals surface area contributed by atoms with Crippen molar-refractivity contribution in [1.82, 2.24) is 6.15 Å². The number of carbonyl (C=O) groups is 4. The molecule has 0 unspecified atom stereocenters. The third-order valence-electron chi connectivity index (χ3n) is 2.07. The van der Waals surface area contributed by atoms with Gasteiger partial charge in [0.2, 0.25) is 5.78 Å². The van der Waals surface area contributed by atoms with Crippen LogP contribution in [-0.2, 0) is 28.8 Å². The molecular formula is C14H29N2O9+. The molecule has 0 fully saturated rings. The Morgan fingerprint density at radius 2 is 1.24 bits per heavy atom. The SMILES string of the molecule is CC(C)(C)C(=O)C(=O)O.CC(C)(C)[C@@H](N)C(=O)O.O=C=O.O=CO.[NH4+]. The fraction of sp³-hybridized carbons (Fsp3) is 0.643. The molecule has 11 nitrogen and oxygen atoms in total. The smallest absolute Gasteiger partial charge is 0.373 e. The van der Waals surface area contributed by atoms with Crippen LogP contribution in [0.1, 0.15) is 41.5 Å². The van der Waals surface area contributed by atoms with E-state index in [1.807, 2.05) is 0 Å². The zero-order valence-electron chi connectivity index (χ0n) is 15.5. The van der Waals surface area contributed by atoms with Crippen LogP contribution in [0, 0.1) is 10.8 Å². The first-order valence-corrected chi connectivity index (χ1v) is 6.37. The van der Waals surface area contributed by atoms with Crippen LogP contribution in [0.3, 0.4) is 0 Å². The van der Waals surface area contributed by atoms with E-state index in [-0.39, 0.29) is 24.2 Å². The summed E-state index contributed by atoms with van der Waals surface area (Å²) >= 11 is 0. The number of hydrogen-bond acceptors (Lipinski definition) is 7. The Kier molecular flexibility index (Phi) is 22.0. The summed E-state index contributed by atoms with van der Waals surface area (Å²) in [6.45, 7) is 9.86. The van der Waals surface area contributed by atoms with Crippen LogP contribution in [0.2, 0.25) is 0 Å². The largest absolute Gasteiger partial charge is 0.483 e. The van der Waals surface area contributed by atoms with Gasteiger partial charge in [0, 0.05) is 5.41 Å². The predicted molar refractivity (Wildman–Crippen MR) is 86.8 cm³/mol. The lowest BCUT2D eigenvalue weighted by atomic mass is 9.88. The summed E-state index contributed by atoms with van der Waals surface area (Å²) < 4.78 is 0. The van der Waals surface area contributed by atoms with Gasteiger partial charge in [-0.05, 0) is 5.41 Å². The third-order valence-corrected chi connectivity index (χ3v) is 2.07. The summed E-state index contributed by atoms with van der Waals surface area (Å²) in [6, 6.07) is -0.766. The van der Waals surface area contributed by atoms with Crippen LogP contribution in [-0.4, -0.2) is 51.7 Å². The lowest BCUT2D eigenvalue weighted by molar-refractivity contribution is -0.191. The predicted octanol–water partition coefficient (Wildman–Crippen LogP) is 0.624. The van der Waals surface area contributed by atoms with Gasteiger partial charge in [0.1, 0.15) is 6.04 Å². The molecule has 0 saturated carbocycles. The Morgan fingerprint density at radius 3 is 1.24 bits per heavy atom. The molecule has 11 heteroatoms. The minimum Gasteiger partial charge on any atom is -0.483 e. The highest BCUT2D eigenvalue weighted by atomic mass is 16.4. The van der Waals surface area contributed by atoms with Crippen molar-refractivity contribution in [1.29, 1.82) is 0 Å². The van der Waals surface area contributed by atoms with E-state index in [0.717, 1.165) is 0 Å². The average Bonchev–Trinajstić information content (AvgIpc) is 2.37. The number of carboxylic acid groups (broad SMARTS) is 3. The molecule has 25 heavy (non-hydrogen) atoms. The summed E-state index contributed by atoms with van der Waals surface area (Å²) in [6.07, 6.45) is 0.250. The molecule has 0 radical (unpaired) electrons. The highest BCUT2D eigenvalue weighted by Gasteiger charge is 2.27. The molecule has 0 heterocycles. The van der Waals surface area contributed by atoms with Gasteiger partial charge in [0.25, 0.3) is 6.47 Å². The zero-order chi connectivity index (χ0) is 20.7. The number of Topliss-reactive ketones (excluding diaryl/α,β-unsaturated/α-hetero) is 1. The van der Waals surface area contributed by atoms with Crippen molar-refractivity contribution in [3.05, 3.63) is 0 Å². The van der Waals surface area contributed by atoms with Crippen LogP contribution in [0.15, 0.2) is 0 Å². The van der Waals surface area contributed by atoms with Crippen molar-refractivity contribution in [3.63, 3.8) is 0 Å². The van der Waals surface area contributed by atoms with Gasteiger partial charge < -0.3 is 27.2 Å². The average molecular weight is 369 g/mol. The van der Waals surface area contributed by atoms with E-state index in [9.17, 15) is 14.4 Å². The highest BCUT2D eigenvalue weighted by molar-refractivity contribution is 6.34. The summed E-state index contributed by atoms with van der Waals surface area (Å²) in [5.74, 6) is -3.05. The number of nitrogens with two attached hydrogens (primary N) is 1. The minimum atomic E-state index is -1.36. The standard InChI is InChI=1S/C6H13NO2.C6H10O3.CH2O2.CO2.H3N/c2*1-6(2,3)4(7)5(8)9;2*2-1-3;/h4H,7H2,1-3H3,(H,8,9);1-3H3,(H,8,9);1H,(H,2,3);;1H3/p+1/t4-;;;;/m0..../s1. The second-order valence-corrected chi connectivity index (χ2v) is 6.25. The lowest BCUT2D eigenvalue weighted by Crippen LogP contribution is -2.41. The van der Waals surface area contributed by atoms with E-state index in [1.165, 1.54) is 0 Å². The minimum absolute atomic E-state index is 0. The van der Waals surface area contributed by atoms with Gasteiger partial charge in [-0.25, -0.2) is 4.79 Å². The van der Waals surface area contributed by atoms with Crippen LogP contribution in [0.4, 0.5) is 0 Å². The quantitative estimate of drug-likeness (QED) is 0.336. The van der Waals surface area contributed by atoms with E-state index in [2.05, 4.69) is 0 Å². The molecule has 0 aliphatic heterocycles. The molecule has 1 atom stereocenters. The van der Waals surface area contributed by atoms with E-state index in [4.69, 9.17) is 35.4 Å². The van der Waals surface area contributed by atoms with E-state index in [0.29, 0.717) is 0 Å². The second kappa shape index (κ2) is 16.2. The van der Waals surface area contributed by atoms with Crippen LogP contribution in [0.25, 0.3) is 0 Å². The molecule has 0 aliphatic rings. The molecule has 0 amide bonds. The number of carbonyl (C=O) groups excluding carboxylic acids is 3. The Labute approximate surface area is 145 Å². The first-order valence-electron chi connectivity index (χ1n) is 6.37. The first-order chi connectivity index (χ1) is 10.5. The molecule has 0 aromatic rings. The van der Waals surface area contributed by atoms with Gasteiger partial charge in [0.15, 0.2) is 0 Å². The van der Waals surface area contributed by atoms with Gasteiger partial charge in [-0.2, -0.15) is 9.59 Å². The van der Waals surface area contributed by atoms with E-state index >= 15 is 0 Å². The number of aliphatic carboxylic acids is 2. The van der Waals surface area contributed by atoms with Crippen LogP contribution >= 0.6 is 0 Å². The fourth-order valence-electron chi connectivity index (χ4n) is 0.691. The molecule has 9 N–H and O–H groups in total. The zero-order valence-corrected chi connectivity index (χ0v) is 15.5. The molecule has 0 aliphatic carbocycles. The first kappa shape index (κ1) is 33.9. The van der Waals surface area contributed by atoms with Crippen molar-refractivity contribution >= 4 is 30.3 Å². The molecule has 148 valence electrons. The number of carboxylic acids is 2. The number of ketones is 1. The number of quaternary nitrogens is 1. The molecule has 0 aromatic carbocycles. The Bertz CT molecular complexity index is 442. The number of hydrogen-bond donors (Lipinski definition) is 5. The maximum atomic E-state index is 10.6. The second-order valence-electron chi connectivity index (χ2n) is 6.25. The molecule has 0 saturated heterocycles. The van der Waals surface area contributed by atoms with Crippen molar-refractivity contribution < 1.29 is 44.1 Å². The van der Waals surface area contributed by atoms with E-state index in [1.54, 1.807) is 41.5 Å². The Hall–Kier alpha value is -2.62. The molecular weight excluding hydrogens is 340 g/mol. The van der Waals surface area contributed by atoms with Gasteiger partial charge in [-0.15, -0.1) is 0 Å². The summed E-state index contributed by atoms with van der Waals surface area (Å²) in [7, 11) is 0. The molecule has 0 bridgehead atoms. The fourth-order valence-corrected chi connectivity index (χ4v) is 0.691. The van der Waals surface area contributed by atoms with Crippen molar-refractivity contribution in [2.45, 2.75) is 47.6 Å². The van der Waals surface area contributed by atoms with Crippen molar-refractivity contribution in [3.8, 4) is 0 Å². The monoisotopic (exact) mass is 369 g/mol. The lowest BCUT2D eigenvalue weighted by Gasteiger charge is -2.22. The van der Waals surface area contributed by atoms with Crippen LogP contribution in [0.5, 0.6) is 0 Å². The van der Waals surface area contributed by atoms with Gasteiger partial charge in [0.05, 0.1) is 0 Å². The third kappa shape index (κ3) is 26.6. The maximum Gasteiger partial charge on any atom is 0.373 e. The normalized spacial score (nSPS) is 10.2. The summed E-state index contributed by atoms with van der Waals surface area (Å²) in [5.41, 5.74) is 4.19. The van der Waals surface area contributed by atoms with Gasteiger partial charge >= 0.3 is 18.1 Å². The topological polar surface area (TPSA) is 226 Å². The number of rotatable bonds is 2. The van der Waals surface area contributed by atoms with Crippen molar-refractivity contribution in [2.75, 3.05) is 0 Å². The summed E-state index contributed by atoms with van der Waals surface area (Å²) in [5, 5.41) is 23.4. The van der Waals surface area contributed by atoms with Crippen molar-refractivity contribution in [2.24, 2.45) is 16.6 Å². The maximum absolute atomic E-state index is 10.6. The highest BCUT2D eigenvalue weighted by Crippen LogP contribution is 2.16. The van der Waals surface area contributed by atoms with E-state index < -0.39 is 29.2 Å². The van der Waals surface area contributed by atoms with Gasteiger partial charge in [-0.1, -0.05) is 41.5 Å². The molecule has 0 spiro atoms. The summed E-state index contributed by atoms with van der Waals surface area (Å²) in [4.78, 5) is 55.4.